The summed E-state index contributed by atoms with van der Waals surface area (Å²) in [6.07, 6.45) is 101. The van der Waals surface area contributed by atoms with Crippen LogP contribution in [0.15, 0.2) is 201 Å². The predicted molar refractivity (Wildman–Crippen MR) is 495 cm³/mol. The van der Waals surface area contributed by atoms with Crippen molar-refractivity contribution in [2.45, 2.75) is 368 Å². The van der Waals surface area contributed by atoms with E-state index in [2.05, 4.69) is 112 Å². The van der Waals surface area contributed by atoms with Gasteiger partial charge in [0, 0.05) is 0 Å². The standard InChI is InChI=1S/C21H36O2.C21H34O2.C21H32O2.2C21H30O2/c5*1-2-3-4-5-6-7-8-9-10-11-12-13-14-16-19-17-15-18-20(22)21(19)23/h15,17-18,22-23H,2-14,16H2,1H3;7-8,15,17-18,22-23H,2-6,9-14,16H2,1H3;4-5,7-8,15,17-18,22-23H,2-3,6,9-14,16H2,1H3;2-5,7-8,15,17-18,22-23H,6,9-14,16H2,1H3;2,4-5,7-8,15,17-18,22-23H,1,3,6,9-14,16H2/b;8-7+;5-4+,8-7+;3-2+,5-4+,8-7+;5-4+,8-7+. The van der Waals surface area contributed by atoms with Gasteiger partial charge in [-0.2, -0.15) is 0 Å². The minimum absolute atomic E-state index is 0.00260. The monoisotopic (exact) mass is 1580 g/mol. The first kappa shape index (κ1) is 105. The number of benzene rings is 5. The number of phenolic OH excluding ortho intramolecular Hbond substituents is 10. The van der Waals surface area contributed by atoms with Gasteiger partial charge in [0.25, 0.3) is 0 Å². The van der Waals surface area contributed by atoms with Crippen LogP contribution in [0, 0.1) is 0 Å². The summed E-state index contributed by atoms with van der Waals surface area (Å²) in [5, 5.41) is 95.9. The Balaban J connectivity index is 0.000000719. The van der Waals surface area contributed by atoms with Crippen molar-refractivity contribution in [3.05, 3.63) is 229 Å². The second-order valence-corrected chi connectivity index (χ2v) is 30.8. The largest absolute Gasteiger partial charge is 0.504 e. The molecule has 0 bridgehead atoms. The van der Waals surface area contributed by atoms with Gasteiger partial charge < -0.3 is 51.1 Å². The number of allylic oxidation sites excluding steroid dienone is 17. The summed E-state index contributed by atoms with van der Waals surface area (Å²) in [4.78, 5) is 0. The van der Waals surface area contributed by atoms with E-state index in [9.17, 15) is 51.1 Å². The summed E-state index contributed by atoms with van der Waals surface area (Å²) in [5.74, 6) is 0.179. The molecule has 10 heteroatoms. The lowest BCUT2D eigenvalue weighted by atomic mass is 10.0. The molecule has 0 aromatic heterocycles. The Labute approximate surface area is 701 Å². The first-order chi connectivity index (χ1) is 56.3. The first-order valence-electron chi connectivity index (χ1n) is 45.5. The smallest absolute Gasteiger partial charge is 0.160 e. The van der Waals surface area contributed by atoms with E-state index >= 15 is 0 Å². The van der Waals surface area contributed by atoms with Gasteiger partial charge in [-0.1, -0.05) is 365 Å². The van der Waals surface area contributed by atoms with Crippen LogP contribution in [0.4, 0.5) is 0 Å². The number of para-hydroxylation sites is 5. The highest BCUT2D eigenvalue weighted by Gasteiger charge is 2.10. The molecule has 0 fully saturated rings. The van der Waals surface area contributed by atoms with Crippen molar-refractivity contribution in [2.75, 3.05) is 0 Å². The zero-order valence-electron chi connectivity index (χ0n) is 72.6. The topological polar surface area (TPSA) is 202 Å². The van der Waals surface area contributed by atoms with Crippen molar-refractivity contribution < 1.29 is 51.1 Å². The molecule has 0 saturated heterocycles. The lowest BCUT2D eigenvalue weighted by Crippen LogP contribution is -1.88. The van der Waals surface area contributed by atoms with Crippen LogP contribution in [-0.4, -0.2) is 51.1 Å². The van der Waals surface area contributed by atoms with Crippen LogP contribution in [0.3, 0.4) is 0 Å². The van der Waals surface area contributed by atoms with Crippen LogP contribution in [-0.2, 0) is 32.1 Å². The average Bonchev–Trinajstić information content (AvgIpc) is 0.910. The maximum atomic E-state index is 9.74. The number of aryl methyl sites for hydroxylation is 5. The quantitative estimate of drug-likeness (QED) is 0.00773. The third-order valence-electron chi connectivity index (χ3n) is 20.5. The Morgan fingerprint density at radius 3 is 0.678 bits per heavy atom. The highest BCUT2D eigenvalue weighted by molar-refractivity contribution is 5.47. The lowest BCUT2D eigenvalue weighted by molar-refractivity contribution is 0.398. The zero-order chi connectivity index (χ0) is 83.8. The number of hydrogen-bond acceptors (Lipinski definition) is 10. The number of hydrogen-bond donors (Lipinski definition) is 10. The molecule has 0 heterocycles. The molecule has 5 aromatic rings. The van der Waals surface area contributed by atoms with Crippen molar-refractivity contribution >= 4 is 0 Å². The third-order valence-corrected chi connectivity index (χ3v) is 20.5. The van der Waals surface area contributed by atoms with Crippen LogP contribution in [0.1, 0.15) is 364 Å². The van der Waals surface area contributed by atoms with E-state index in [0.717, 1.165) is 131 Å². The molecule has 0 saturated carbocycles. The Bertz CT molecular complexity index is 3340. The zero-order valence-corrected chi connectivity index (χ0v) is 72.6. The molecular weight excluding hydrogens is 1420 g/mol. The van der Waals surface area contributed by atoms with Gasteiger partial charge in [-0.05, 0) is 226 Å². The summed E-state index contributed by atoms with van der Waals surface area (Å²) in [6.45, 7) is 12.4. The van der Waals surface area contributed by atoms with E-state index in [4.69, 9.17) is 0 Å². The first-order valence-corrected chi connectivity index (χ1v) is 45.5. The van der Waals surface area contributed by atoms with E-state index in [0.29, 0.717) is 0 Å². The summed E-state index contributed by atoms with van der Waals surface area (Å²) in [6, 6.07) is 26.0. The van der Waals surface area contributed by atoms with Crippen LogP contribution in [0.2, 0.25) is 0 Å². The van der Waals surface area contributed by atoms with Crippen molar-refractivity contribution in [3.63, 3.8) is 0 Å². The van der Waals surface area contributed by atoms with Crippen molar-refractivity contribution in [3.8, 4) is 57.5 Å². The summed E-state index contributed by atoms with van der Waals surface area (Å²) in [7, 11) is 0. The van der Waals surface area contributed by atoms with Gasteiger partial charge in [-0.25, -0.2) is 0 Å². The predicted octanol–water partition coefficient (Wildman–Crippen LogP) is 31.6. The number of unbranched alkanes of at least 4 members (excludes halogenated alkanes) is 37. The third kappa shape index (κ3) is 60.9. The molecule has 0 aliphatic heterocycles. The fraction of sp³-hybridized carbons (Fsp3) is 0.543. The normalized spacial score (nSPS) is 11.5. The minimum atomic E-state index is -0.0198. The Hall–Kier alpha value is -8.24. The van der Waals surface area contributed by atoms with Gasteiger partial charge in [-0.3, -0.25) is 0 Å². The minimum Gasteiger partial charge on any atom is -0.504 e. The molecule has 0 aliphatic rings. The molecular formula is C105H162O10. The Morgan fingerprint density at radius 2 is 0.426 bits per heavy atom. The fourth-order valence-electron chi connectivity index (χ4n) is 13.4. The molecule has 0 aliphatic carbocycles. The van der Waals surface area contributed by atoms with Gasteiger partial charge in [0.1, 0.15) is 0 Å². The highest BCUT2D eigenvalue weighted by Crippen LogP contribution is 2.34. The van der Waals surface area contributed by atoms with E-state index in [1.54, 1.807) is 30.3 Å². The molecule has 0 radical (unpaired) electrons. The van der Waals surface area contributed by atoms with E-state index < -0.39 is 0 Å². The van der Waals surface area contributed by atoms with Crippen LogP contribution in [0.25, 0.3) is 0 Å². The molecule has 5 rings (SSSR count). The molecule has 10 nitrogen and oxygen atoms in total. The van der Waals surface area contributed by atoms with Gasteiger partial charge in [0.05, 0.1) is 0 Å². The van der Waals surface area contributed by atoms with Crippen molar-refractivity contribution in [1.29, 1.82) is 0 Å². The van der Waals surface area contributed by atoms with Gasteiger partial charge >= 0.3 is 0 Å². The average molecular weight is 1580 g/mol. The van der Waals surface area contributed by atoms with Crippen LogP contribution < -0.4 is 0 Å². The van der Waals surface area contributed by atoms with E-state index in [1.165, 1.54) is 268 Å². The maximum Gasteiger partial charge on any atom is 0.160 e. The fourth-order valence-corrected chi connectivity index (χ4v) is 13.4. The summed E-state index contributed by atoms with van der Waals surface area (Å²) in [5.41, 5.74) is 4.27. The van der Waals surface area contributed by atoms with E-state index in [1.807, 2.05) is 55.5 Å². The van der Waals surface area contributed by atoms with Gasteiger partial charge in [0.2, 0.25) is 0 Å². The molecule has 115 heavy (non-hydrogen) atoms. The molecule has 0 unspecified atom stereocenters. The highest BCUT2D eigenvalue weighted by atomic mass is 16.3. The van der Waals surface area contributed by atoms with Crippen LogP contribution >= 0.6 is 0 Å². The lowest BCUT2D eigenvalue weighted by Gasteiger charge is -2.06. The van der Waals surface area contributed by atoms with E-state index in [-0.39, 0.29) is 57.5 Å². The molecule has 0 atom stereocenters. The second kappa shape index (κ2) is 78.3. The molecule has 0 amide bonds. The Morgan fingerprint density at radius 1 is 0.217 bits per heavy atom. The second-order valence-electron chi connectivity index (χ2n) is 30.8. The van der Waals surface area contributed by atoms with Crippen molar-refractivity contribution in [1.82, 2.24) is 0 Å². The number of rotatable bonds is 62. The van der Waals surface area contributed by atoms with Crippen LogP contribution in [0.5, 0.6) is 57.5 Å². The SMILES string of the molecule is C/C=C/C=C/C/C=C/CCCCCCCc1cccc(O)c1O.C=CC/C=C/C/C=C/CCCCCCCc1cccc(O)c1O.CCC/C=C/C/C=C/CCCCCCCc1cccc(O)c1O.CCCCCC/C=C/CCCCCCCc1cccc(O)c1O.CCCCCCCCCCCCCCCc1cccc(O)c1O. The molecule has 642 valence electrons. The van der Waals surface area contributed by atoms with Crippen molar-refractivity contribution in [2.24, 2.45) is 0 Å². The Kier molecular flexibility index (Phi) is 71.3. The summed E-state index contributed by atoms with van der Waals surface area (Å²) >= 11 is 0. The molecule has 10 N–H and O–H groups in total. The molecule has 5 aromatic carbocycles. The van der Waals surface area contributed by atoms with Gasteiger partial charge in [-0.15, -0.1) is 6.58 Å². The number of aromatic hydroxyl groups is 10. The maximum absolute atomic E-state index is 9.74. The number of phenols is 10. The van der Waals surface area contributed by atoms with Gasteiger partial charge in [0.15, 0.2) is 57.5 Å². The molecule has 0 spiro atoms. The summed E-state index contributed by atoms with van der Waals surface area (Å²) < 4.78 is 0.